The summed E-state index contributed by atoms with van der Waals surface area (Å²) in [5.74, 6) is 0.494. The van der Waals surface area contributed by atoms with Gasteiger partial charge in [0.2, 0.25) is 0 Å². The Morgan fingerprint density at radius 3 is 2.10 bits per heavy atom. The second-order valence-electron chi connectivity index (χ2n) is 10.4. The predicted molar refractivity (Wildman–Crippen MR) is 170 cm³/mol. The average Bonchev–Trinajstić information content (AvgIpc) is 2.98. The number of Topliss-reactive ketones (excluding diaryl/α,β-unsaturated/α-hetero) is 3. The van der Waals surface area contributed by atoms with Gasteiger partial charge in [-0.05, 0) is 68.6 Å². The molecule has 222 valence electrons. The van der Waals surface area contributed by atoms with E-state index in [1.807, 2.05) is 32.9 Å². The van der Waals surface area contributed by atoms with Crippen molar-refractivity contribution in [2.75, 3.05) is 0 Å². The smallest absolute Gasteiger partial charge is 0.139 e. The zero-order chi connectivity index (χ0) is 30.1. The largest absolute Gasteiger partial charge is 0.300 e. The van der Waals surface area contributed by atoms with Gasteiger partial charge in [-0.2, -0.15) is 0 Å². The van der Waals surface area contributed by atoms with Crippen LogP contribution < -0.4 is 0 Å². The van der Waals surface area contributed by atoms with Gasteiger partial charge in [-0.1, -0.05) is 88.9 Å². The highest BCUT2D eigenvalue weighted by atomic mass is 19.1. The van der Waals surface area contributed by atoms with E-state index in [0.717, 1.165) is 37.7 Å². The van der Waals surface area contributed by atoms with E-state index in [1.165, 1.54) is 11.6 Å². The zero-order valence-corrected chi connectivity index (χ0v) is 25.4. The van der Waals surface area contributed by atoms with Crippen LogP contribution in [0, 0.1) is 17.2 Å². The fourth-order valence-electron chi connectivity index (χ4n) is 5.30. The molecule has 40 heavy (non-hydrogen) atoms. The van der Waals surface area contributed by atoms with Crippen molar-refractivity contribution in [2.45, 2.75) is 98.8 Å². The summed E-state index contributed by atoms with van der Waals surface area (Å²) in [6, 6.07) is 13.4. The van der Waals surface area contributed by atoms with Crippen molar-refractivity contribution in [3.05, 3.63) is 89.8 Å². The van der Waals surface area contributed by atoms with Crippen molar-refractivity contribution in [1.82, 2.24) is 0 Å². The molecule has 1 aliphatic carbocycles. The number of allylic oxidation sites excluding steroid dienone is 1. The van der Waals surface area contributed by atoms with E-state index in [1.54, 1.807) is 31.2 Å². The van der Waals surface area contributed by atoms with Gasteiger partial charge < -0.3 is 0 Å². The van der Waals surface area contributed by atoms with Crippen molar-refractivity contribution in [3.63, 3.8) is 0 Å². The summed E-state index contributed by atoms with van der Waals surface area (Å²) in [5.41, 5.74) is 3.02. The third kappa shape index (κ3) is 10.4. The second kappa shape index (κ2) is 18.3. The molecule has 0 radical (unpaired) electrons. The Labute approximate surface area is 244 Å². The van der Waals surface area contributed by atoms with Crippen molar-refractivity contribution in [2.24, 2.45) is 11.3 Å². The minimum Gasteiger partial charge on any atom is -0.300 e. The van der Waals surface area contributed by atoms with E-state index in [9.17, 15) is 18.8 Å². The number of hydrogen-bond donors (Lipinski definition) is 0. The van der Waals surface area contributed by atoms with E-state index in [-0.39, 0.29) is 26.2 Å². The Morgan fingerprint density at radius 1 is 1.00 bits per heavy atom. The van der Waals surface area contributed by atoms with Gasteiger partial charge in [0.25, 0.3) is 0 Å². The number of rotatable bonds is 12. The Morgan fingerprint density at radius 2 is 1.60 bits per heavy atom. The molecule has 0 bridgehead atoms. The topological polar surface area (TPSA) is 51.2 Å². The molecule has 1 saturated carbocycles. The fraction of sp³-hybridized carbons (Fsp3) is 0.472. The van der Waals surface area contributed by atoms with Gasteiger partial charge in [0.15, 0.2) is 0 Å². The van der Waals surface area contributed by atoms with Crippen LogP contribution >= 0.6 is 0 Å². The van der Waals surface area contributed by atoms with Crippen LogP contribution in [0.4, 0.5) is 4.39 Å². The van der Waals surface area contributed by atoms with E-state index < -0.39 is 5.41 Å². The Bertz CT molecular complexity index is 1120. The Balaban J connectivity index is 0. The molecule has 0 amide bonds. The van der Waals surface area contributed by atoms with Crippen LogP contribution in [0.2, 0.25) is 0 Å². The van der Waals surface area contributed by atoms with Gasteiger partial charge in [-0.3, -0.25) is 14.4 Å². The number of ketones is 3. The number of benzene rings is 2. The Kier molecular flexibility index (Phi) is 15.9. The number of hydrogen-bond acceptors (Lipinski definition) is 3. The SMILES string of the molecule is C=CCC1(C(=O)CCc2cccc(C=C)c2F)CCC(C(=O)CC)CC1.CC.CCc1ccc(CC(C)=O)cc1.[HH].[HH]. The third-order valence-electron chi connectivity index (χ3n) is 7.71. The summed E-state index contributed by atoms with van der Waals surface area (Å²) in [4.78, 5) is 35.7. The van der Waals surface area contributed by atoms with Gasteiger partial charge in [-0.25, -0.2) is 4.39 Å². The van der Waals surface area contributed by atoms with E-state index in [2.05, 4.69) is 32.2 Å². The van der Waals surface area contributed by atoms with Crippen molar-refractivity contribution >= 4 is 23.4 Å². The number of aryl methyl sites for hydroxylation is 2. The maximum atomic E-state index is 14.4. The van der Waals surface area contributed by atoms with Gasteiger partial charge in [0, 0.05) is 39.0 Å². The Hall–Kier alpha value is -3.14. The highest BCUT2D eigenvalue weighted by molar-refractivity contribution is 5.86. The summed E-state index contributed by atoms with van der Waals surface area (Å²) in [6.07, 6.45) is 9.81. The third-order valence-corrected chi connectivity index (χ3v) is 7.71. The lowest BCUT2D eigenvalue weighted by Gasteiger charge is -2.38. The normalized spacial score (nSPS) is 17.8. The molecule has 2 aromatic rings. The summed E-state index contributed by atoms with van der Waals surface area (Å²) >= 11 is 0. The summed E-state index contributed by atoms with van der Waals surface area (Å²) in [7, 11) is 0. The fourth-order valence-corrected chi connectivity index (χ4v) is 5.30. The summed E-state index contributed by atoms with van der Waals surface area (Å²) < 4.78 is 14.4. The zero-order valence-electron chi connectivity index (χ0n) is 25.4. The molecule has 0 aromatic heterocycles. The summed E-state index contributed by atoms with van der Waals surface area (Å²) in [5, 5.41) is 0. The first-order chi connectivity index (χ1) is 19.2. The van der Waals surface area contributed by atoms with Crippen LogP contribution in [0.3, 0.4) is 0 Å². The molecule has 0 saturated heterocycles. The quantitative estimate of drug-likeness (QED) is 0.246. The number of halogens is 1. The molecule has 0 spiro atoms. The maximum Gasteiger partial charge on any atom is 0.139 e. The highest BCUT2D eigenvalue weighted by Gasteiger charge is 2.41. The van der Waals surface area contributed by atoms with Crippen molar-refractivity contribution in [3.8, 4) is 0 Å². The lowest BCUT2D eigenvalue weighted by molar-refractivity contribution is -0.134. The molecule has 1 fully saturated rings. The number of carbonyl (C=O) groups excluding carboxylic acids is 3. The van der Waals surface area contributed by atoms with Gasteiger partial charge in [-0.15, -0.1) is 6.58 Å². The van der Waals surface area contributed by atoms with E-state index >= 15 is 0 Å². The molecule has 0 unspecified atom stereocenters. The minimum absolute atomic E-state index is 0. The molecule has 0 N–H and O–H groups in total. The number of carbonyl (C=O) groups is 3. The van der Waals surface area contributed by atoms with E-state index in [4.69, 9.17) is 0 Å². The van der Waals surface area contributed by atoms with Crippen LogP contribution in [-0.4, -0.2) is 17.3 Å². The second-order valence-corrected chi connectivity index (χ2v) is 10.4. The molecule has 0 heterocycles. The standard InChI is InChI=1S/C23H29FO2.C11H14O.C2H6.2H2/c1-4-14-23(15-12-18(13-16-23)20(25)6-3)21(26)11-10-19-9-7-8-17(5-2)22(19)24;1-3-10-4-6-11(7-5-10)8-9(2)12;1-2;;/h4-5,7-9,18H,1-2,6,10-16H2,3H3;4-7H,3,8H2,1-2H3;1-2H3;2*1H. The van der Waals surface area contributed by atoms with Gasteiger partial charge in [0.05, 0.1) is 0 Å². The van der Waals surface area contributed by atoms with Crippen molar-refractivity contribution in [1.29, 1.82) is 0 Å². The molecule has 0 atom stereocenters. The van der Waals surface area contributed by atoms with Crippen LogP contribution in [0.15, 0.2) is 61.7 Å². The van der Waals surface area contributed by atoms with Crippen LogP contribution in [0.1, 0.15) is 105 Å². The van der Waals surface area contributed by atoms with Crippen LogP contribution in [0.5, 0.6) is 0 Å². The first kappa shape index (κ1) is 34.9. The summed E-state index contributed by atoms with van der Waals surface area (Å²) in [6.45, 7) is 17.1. The minimum atomic E-state index is -0.432. The molecule has 3 rings (SSSR count). The van der Waals surface area contributed by atoms with Crippen molar-refractivity contribution < 1.29 is 21.6 Å². The van der Waals surface area contributed by atoms with Crippen LogP contribution in [-0.2, 0) is 33.6 Å². The molecule has 1 aliphatic rings. The monoisotopic (exact) mass is 552 g/mol. The molecule has 2 aromatic carbocycles. The van der Waals surface area contributed by atoms with E-state index in [0.29, 0.717) is 49.0 Å². The first-order valence-electron chi connectivity index (χ1n) is 14.8. The predicted octanol–water partition coefficient (Wildman–Crippen LogP) is 9.60. The molecular weight excluding hydrogens is 499 g/mol. The van der Waals surface area contributed by atoms with Gasteiger partial charge >= 0.3 is 0 Å². The molecular formula is C36H53FO3. The first-order valence-corrected chi connectivity index (χ1v) is 14.8. The van der Waals surface area contributed by atoms with Crippen LogP contribution in [0.25, 0.3) is 6.08 Å². The lowest BCUT2D eigenvalue weighted by Crippen LogP contribution is -2.37. The highest BCUT2D eigenvalue weighted by Crippen LogP contribution is 2.44. The van der Waals surface area contributed by atoms with Gasteiger partial charge in [0.1, 0.15) is 23.2 Å². The average molecular weight is 553 g/mol. The molecule has 4 heteroatoms. The molecule has 3 nitrogen and oxygen atoms in total. The maximum absolute atomic E-state index is 14.4. The lowest BCUT2D eigenvalue weighted by atomic mass is 9.64. The molecule has 0 aliphatic heterocycles.